The molecule has 2 heterocycles. The highest BCUT2D eigenvalue weighted by Gasteiger charge is 2.15. The molecule has 0 unspecified atom stereocenters. The number of aryl methyl sites for hydroxylation is 1. The Morgan fingerprint density at radius 1 is 1.25 bits per heavy atom. The molecular weight excluding hydrogens is 202 g/mol. The van der Waals surface area contributed by atoms with Crippen molar-refractivity contribution >= 4 is 0 Å². The molecule has 0 saturated heterocycles. The molecule has 16 heavy (non-hydrogen) atoms. The molecule has 2 N–H and O–H groups in total. The molecule has 0 saturated carbocycles. The maximum Gasteiger partial charge on any atom is 0.254 e. The molecule has 0 spiro atoms. The molecule has 4 heteroatoms. The van der Waals surface area contributed by atoms with Gasteiger partial charge in [0, 0.05) is 11.8 Å². The van der Waals surface area contributed by atoms with E-state index in [4.69, 9.17) is 0 Å². The lowest BCUT2D eigenvalue weighted by Crippen LogP contribution is -2.21. The monoisotopic (exact) mass is 215 g/mol. The maximum absolute atomic E-state index is 11.9. The summed E-state index contributed by atoms with van der Waals surface area (Å²) in [7, 11) is 0. The fraction of sp³-hybridized carbons (Fsp3) is 0.333. The van der Waals surface area contributed by atoms with Crippen molar-refractivity contribution in [2.24, 2.45) is 0 Å². The third-order valence-corrected chi connectivity index (χ3v) is 3.04. The van der Waals surface area contributed by atoms with Crippen LogP contribution >= 0.6 is 0 Å². The van der Waals surface area contributed by atoms with Gasteiger partial charge in [-0.2, -0.15) is 0 Å². The van der Waals surface area contributed by atoms with E-state index in [-0.39, 0.29) is 5.56 Å². The van der Waals surface area contributed by atoms with Gasteiger partial charge in [0.25, 0.3) is 5.56 Å². The summed E-state index contributed by atoms with van der Waals surface area (Å²) in [5.41, 5.74) is 2.74. The van der Waals surface area contributed by atoms with Crippen LogP contribution in [0, 0.1) is 0 Å². The zero-order valence-electron chi connectivity index (χ0n) is 8.92. The van der Waals surface area contributed by atoms with Crippen LogP contribution < -0.4 is 5.56 Å². The van der Waals surface area contributed by atoms with Crippen LogP contribution in [0.2, 0.25) is 0 Å². The maximum atomic E-state index is 11.9. The molecule has 0 amide bonds. The fourth-order valence-electron chi connectivity index (χ4n) is 2.21. The molecule has 2 aromatic heterocycles. The van der Waals surface area contributed by atoms with Crippen LogP contribution in [-0.4, -0.2) is 15.0 Å². The van der Waals surface area contributed by atoms with Crippen molar-refractivity contribution in [2.45, 2.75) is 25.7 Å². The van der Waals surface area contributed by atoms with Crippen LogP contribution in [0.5, 0.6) is 0 Å². The molecule has 1 aliphatic carbocycles. The predicted molar refractivity (Wildman–Crippen MR) is 61.3 cm³/mol. The Morgan fingerprint density at radius 2 is 2.12 bits per heavy atom. The van der Waals surface area contributed by atoms with E-state index in [1.807, 2.05) is 18.3 Å². The number of H-pyrrole nitrogens is 2. The van der Waals surface area contributed by atoms with Gasteiger partial charge in [0.2, 0.25) is 0 Å². The quantitative estimate of drug-likeness (QED) is 0.759. The van der Waals surface area contributed by atoms with Crippen LogP contribution in [0.3, 0.4) is 0 Å². The average molecular weight is 215 g/mol. The predicted octanol–water partition coefficient (Wildman–Crippen LogP) is 1.64. The molecule has 0 atom stereocenters. The second-order valence-corrected chi connectivity index (χ2v) is 4.13. The summed E-state index contributed by atoms with van der Waals surface area (Å²) in [6.45, 7) is 0. The van der Waals surface area contributed by atoms with Gasteiger partial charge in [-0.15, -0.1) is 0 Å². The van der Waals surface area contributed by atoms with Crippen molar-refractivity contribution in [1.82, 2.24) is 15.0 Å². The summed E-state index contributed by atoms with van der Waals surface area (Å²) in [5.74, 6) is 0.649. The first-order chi connectivity index (χ1) is 7.84. The Balaban J connectivity index is 2.16. The fourth-order valence-corrected chi connectivity index (χ4v) is 2.21. The summed E-state index contributed by atoms with van der Waals surface area (Å²) < 4.78 is 0. The van der Waals surface area contributed by atoms with Crippen molar-refractivity contribution in [3.63, 3.8) is 0 Å². The molecule has 2 aromatic rings. The van der Waals surface area contributed by atoms with Gasteiger partial charge in [-0.3, -0.25) is 4.79 Å². The Bertz CT molecular complexity index is 554. The van der Waals surface area contributed by atoms with E-state index in [9.17, 15) is 4.79 Å². The van der Waals surface area contributed by atoms with Crippen molar-refractivity contribution in [2.75, 3.05) is 0 Å². The number of aromatic nitrogens is 3. The summed E-state index contributed by atoms with van der Waals surface area (Å²) >= 11 is 0. The molecule has 4 nitrogen and oxygen atoms in total. The van der Waals surface area contributed by atoms with Gasteiger partial charge in [-0.1, -0.05) is 0 Å². The molecule has 1 aliphatic rings. The van der Waals surface area contributed by atoms with E-state index in [1.165, 1.54) is 0 Å². The third-order valence-electron chi connectivity index (χ3n) is 3.04. The Labute approximate surface area is 92.8 Å². The summed E-state index contributed by atoms with van der Waals surface area (Å²) in [6.07, 6.45) is 5.84. The Kier molecular flexibility index (Phi) is 2.13. The number of hydrogen-bond donors (Lipinski definition) is 2. The minimum Gasteiger partial charge on any atom is -0.359 e. The van der Waals surface area contributed by atoms with Crippen molar-refractivity contribution < 1.29 is 0 Å². The largest absolute Gasteiger partial charge is 0.359 e. The second kappa shape index (κ2) is 3.63. The van der Waals surface area contributed by atoms with Gasteiger partial charge in [0.15, 0.2) is 5.82 Å². The van der Waals surface area contributed by atoms with Crippen LogP contribution in [0.4, 0.5) is 0 Å². The number of rotatable bonds is 1. The number of hydrogen-bond acceptors (Lipinski definition) is 2. The summed E-state index contributed by atoms with van der Waals surface area (Å²) in [4.78, 5) is 22.3. The van der Waals surface area contributed by atoms with Gasteiger partial charge >= 0.3 is 0 Å². The zero-order chi connectivity index (χ0) is 11.0. The van der Waals surface area contributed by atoms with Gasteiger partial charge in [0.05, 0.1) is 11.4 Å². The minimum absolute atomic E-state index is 0.0225. The molecule has 0 aliphatic heterocycles. The first kappa shape index (κ1) is 9.39. The number of nitrogens with zero attached hydrogens (tertiary/aromatic N) is 1. The number of fused-ring (bicyclic) bond motifs is 1. The first-order valence-corrected chi connectivity index (χ1v) is 5.60. The lowest BCUT2D eigenvalue weighted by atomic mass is 9.97. The molecule has 0 radical (unpaired) electrons. The van der Waals surface area contributed by atoms with Crippen molar-refractivity contribution in [1.29, 1.82) is 0 Å². The minimum atomic E-state index is 0.0225. The van der Waals surface area contributed by atoms with Crippen LogP contribution in [0.25, 0.3) is 11.5 Å². The van der Waals surface area contributed by atoms with E-state index in [0.29, 0.717) is 5.82 Å². The van der Waals surface area contributed by atoms with Gasteiger partial charge in [-0.05, 0) is 37.8 Å². The van der Waals surface area contributed by atoms with Crippen LogP contribution in [0.15, 0.2) is 23.1 Å². The standard InChI is InChI=1S/C12H13N3O/c16-12-8-4-1-2-5-9(8)14-11(15-12)10-6-3-7-13-10/h3,6-7,13H,1-2,4-5H2,(H,14,15,16). The van der Waals surface area contributed by atoms with E-state index in [2.05, 4.69) is 15.0 Å². The molecule has 0 fully saturated rings. The van der Waals surface area contributed by atoms with Gasteiger partial charge < -0.3 is 9.97 Å². The highest BCUT2D eigenvalue weighted by molar-refractivity contribution is 5.49. The molecule has 0 aromatic carbocycles. The smallest absolute Gasteiger partial charge is 0.254 e. The Morgan fingerprint density at radius 3 is 2.94 bits per heavy atom. The van der Waals surface area contributed by atoms with E-state index in [1.54, 1.807) is 0 Å². The van der Waals surface area contributed by atoms with E-state index in [0.717, 1.165) is 42.6 Å². The Hall–Kier alpha value is -1.84. The van der Waals surface area contributed by atoms with E-state index >= 15 is 0 Å². The first-order valence-electron chi connectivity index (χ1n) is 5.60. The van der Waals surface area contributed by atoms with Gasteiger partial charge in [0.1, 0.15) is 0 Å². The normalized spacial score (nSPS) is 14.8. The summed E-state index contributed by atoms with van der Waals surface area (Å²) in [6, 6.07) is 3.81. The highest BCUT2D eigenvalue weighted by Crippen LogP contribution is 2.18. The SMILES string of the molecule is O=c1[nH]c(-c2ccc[nH]2)nc2c1CCCC2. The van der Waals surface area contributed by atoms with E-state index < -0.39 is 0 Å². The summed E-state index contributed by atoms with van der Waals surface area (Å²) in [5, 5.41) is 0. The van der Waals surface area contributed by atoms with Crippen molar-refractivity contribution in [3.05, 3.63) is 39.9 Å². The highest BCUT2D eigenvalue weighted by atomic mass is 16.1. The zero-order valence-corrected chi connectivity index (χ0v) is 8.92. The number of aromatic amines is 2. The van der Waals surface area contributed by atoms with Gasteiger partial charge in [-0.25, -0.2) is 4.98 Å². The molecule has 82 valence electrons. The van der Waals surface area contributed by atoms with Crippen LogP contribution in [0.1, 0.15) is 24.1 Å². The van der Waals surface area contributed by atoms with Crippen LogP contribution in [-0.2, 0) is 12.8 Å². The third kappa shape index (κ3) is 1.46. The topological polar surface area (TPSA) is 61.5 Å². The molecule has 3 rings (SSSR count). The van der Waals surface area contributed by atoms with Crippen molar-refractivity contribution in [3.8, 4) is 11.5 Å². The lowest BCUT2D eigenvalue weighted by molar-refractivity contribution is 0.657. The molecule has 0 bridgehead atoms. The second-order valence-electron chi connectivity index (χ2n) is 4.13. The number of nitrogens with one attached hydrogen (secondary N) is 2. The molecular formula is C12H13N3O. The lowest BCUT2D eigenvalue weighted by Gasteiger charge is -2.13. The average Bonchev–Trinajstić information content (AvgIpc) is 2.82.